The molecule has 4 rings (SSSR count). The van der Waals surface area contributed by atoms with Gasteiger partial charge in [0.25, 0.3) is 12.3 Å². The Morgan fingerprint density at radius 3 is 2.18 bits per heavy atom. The Balaban J connectivity index is 1.19. The van der Waals surface area contributed by atoms with Crippen molar-refractivity contribution in [2.75, 3.05) is 19.6 Å². The number of hydrogen-bond donors (Lipinski definition) is 1. The number of carbonyl (C=O) groups excluding carboxylic acids is 2. The van der Waals surface area contributed by atoms with Gasteiger partial charge in [-0.25, -0.2) is 8.78 Å². The largest absolute Gasteiger partial charge is 0.454 e. The highest BCUT2D eigenvalue weighted by molar-refractivity contribution is 5.95. The molecule has 1 unspecified atom stereocenters. The molecule has 0 saturated carbocycles. The number of rotatable bonds is 11. The van der Waals surface area contributed by atoms with E-state index in [1.54, 1.807) is 30.3 Å². The molecule has 3 aromatic rings. The van der Waals surface area contributed by atoms with E-state index in [-0.39, 0.29) is 17.4 Å². The summed E-state index contributed by atoms with van der Waals surface area (Å²) in [6, 6.07) is 19.7. The van der Waals surface area contributed by atoms with E-state index in [9.17, 15) is 22.8 Å². The van der Waals surface area contributed by atoms with E-state index in [4.69, 9.17) is 4.74 Å². The second-order valence-corrected chi connectivity index (χ2v) is 9.43. The van der Waals surface area contributed by atoms with Crippen molar-refractivity contribution in [2.45, 2.75) is 45.5 Å². The van der Waals surface area contributed by atoms with Gasteiger partial charge < -0.3 is 10.1 Å². The van der Waals surface area contributed by atoms with Gasteiger partial charge in [0.05, 0.1) is 0 Å². The highest BCUT2D eigenvalue weighted by atomic mass is 19.3. The molecule has 1 aliphatic rings. The zero-order valence-electron chi connectivity index (χ0n) is 21.3. The van der Waals surface area contributed by atoms with Crippen LogP contribution in [-0.4, -0.2) is 49.0 Å². The van der Waals surface area contributed by atoms with E-state index in [2.05, 4.69) is 10.2 Å². The molecule has 0 spiro atoms. The van der Waals surface area contributed by atoms with Crippen molar-refractivity contribution >= 4 is 11.7 Å². The van der Waals surface area contributed by atoms with E-state index >= 15 is 0 Å². The summed E-state index contributed by atoms with van der Waals surface area (Å²) < 4.78 is 42.8. The van der Waals surface area contributed by atoms with Crippen LogP contribution in [0.5, 0.6) is 5.75 Å². The lowest BCUT2D eigenvalue weighted by Gasteiger charge is -2.29. The smallest absolute Gasteiger partial charge is 0.304 e. The Bertz CT molecular complexity index is 1250. The minimum absolute atomic E-state index is 0.0241. The molecule has 0 aliphatic carbocycles. The molecule has 8 heteroatoms. The third-order valence-electron chi connectivity index (χ3n) is 6.67. The van der Waals surface area contributed by atoms with Crippen molar-refractivity contribution in [1.82, 2.24) is 10.2 Å². The maximum atomic E-state index is 13.2. The van der Waals surface area contributed by atoms with Gasteiger partial charge in [-0.3, -0.25) is 14.5 Å². The predicted molar refractivity (Wildman–Crippen MR) is 140 cm³/mol. The Morgan fingerprint density at radius 1 is 0.895 bits per heavy atom. The number of unbranched alkanes of at least 4 members (excludes halogenated alkanes) is 1. The van der Waals surface area contributed by atoms with Crippen LogP contribution in [0.4, 0.5) is 13.2 Å². The fourth-order valence-corrected chi connectivity index (χ4v) is 4.51. The molecule has 3 aromatic carbocycles. The number of Topliss-reactive ketones (excluding diaryl/α,β-unsaturated/α-hetero) is 1. The monoisotopic (exact) mass is 524 g/mol. The van der Waals surface area contributed by atoms with Crippen LogP contribution in [0.3, 0.4) is 0 Å². The Hall–Kier alpha value is -3.65. The van der Waals surface area contributed by atoms with E-state index in [0.717, 1.165) is 54.6 Å². The fraction of sp³-hybridized carbons (Fsp3) is 0.333. The third kappa shape index (κ3) is 7.22. The van der Waals surface area contributed by atoms with Crippen LogP contribution in [0, 0.1) is 0 Å². The van der Waals surface area contributed by atoms with Gasteiger partial charge in [-0.1, -0.05) is 42.5 Å². The SMILES string of the molecule is CC(=O)c1ccc(-c2ccc(C(=O)NCCCCN3CCc4ccc(OC(F)C(F)F)cc4C3)cc2)cc1. The number of nitrogens with zero attached hydrogens (tertiary/aromatic N) is 1. The number of halogens is 3. The lowest BCUT2D eigenvalue weighted by atomic mass is 9.99. The number of carbonyl (C=O) groups is 2. The highest BCUT2D eigenvalue weighted by Crippen LogP contribution is 2.26. The molecule has 0 aromatic heterocycles. The first-order valence-electron chi connectivity index (χ1n) is 12.7. The van der Waals surface area contributed by atoms with Crippen molar-refractivity contribution in [1.29, 1.82) is 0 Å². The first-order valence-corrected chi connectivity index (χ1v) is 12.7. The molecular weight excluding hydrogens is 493 g/mol. The zero-order chi connectivity index (χ0) is 27.1. The molecule has 1 heterocycles. The molecule has 0 fully saturated rings. The highest BCUT2D eigenvalue weighted by Gasteiger charge is 2.22. The molecule has 0 radical (unpaired) electrons. The normalized spacial score (nSPS) is 14.1. The number of benzene rings is 3. The van der Waals surface area contributed by atoms with Gasteiger partial charge >= 0.3 is 6.43 Å². The number of hydrogen-bond acceptors (Lipinski definition) is 4. The van der Waals surface area contributed by atoms with Crippen molar-refractivity contribution in [3.63, 3.8) is 0 Å². The van der Waals surface area contributed by atoms with Crippen LogP contribution in [0.1, 0.15) is 51.6 Å². The van der Waals surface area contributed by atoms with Gasteiger partial charge in [0.1, 0.15) is 5.75 Å². The van der Waals surface area contributed by atoms with Crippen LogP contribution in [0.15, 0.2) is 66.7 Å². The molecule has 1 amide bonds. The topological polar surface area (TPSA) is 58.6 Å². The number of alkyl halides is 3. The van der Waals surface area contributed by atoms with E-state index < -0.39 is 12.8 Å². The summed E-state index contributed by atoms with van der Waals surface area (Å²) in [5.41, 5.74) is 5.27. The molecule has 0 saturated heterocycles. The third-order valence-corrected chi connectivity index (χ3v) is 6.67. The Labute approximate surface area is 220 Å². The molecule has 1 aliphatic heterocycles. The molecule has 1 atom stereocenters. The van der Waals surface area contributed by atoms with E-state index in [1.807, 2.05) is 30.3 Å². The summed E-state index contributed by atoms with van der Waals surface area (Å²) in [4.78, 5) is 26.2. The lowest BCUT2D eigenvalue weighted by Crippen LogP contribution is -2.32. The van der Waals surface area contributed by atoms with Crippen molar-refractivity contribution in [3.05, 3.63) is 89.0 Å². The van der Waals surface area contributed by atoms with Crippen molar-refractivity contribution < 1.29 is 27.5 Å². The molecule has 1 N–H and O–H groups in total. The first-order chi connectivity index (χ1) is 18.3. The van der Waals surface area contributed by atoms with Gasteiger partial charge in [0.2, 0.25) is 0 Å². The number of ketones is 1. The maximum absolute atomic E-state index is 13.2. The summed E-state index contributed by atoms with van der Waals surface area (Å²) in [6.07, 6.45) is -3.28. The molecule has 200 valence electrons. The fourth-order valence-electron chi connectivity index (χ4n) is 4.51. The van der Waals surface area contributed by atoms with Gasteiger partial charge in [-0.05, 0) is 79.3 Å². The van der Waals surface area contributed by atoms with Crippen molar-refractivity contribution in [3.8, 4) is 16.9 Å². The van der Waals surface area contributed by atoms with Crippen LogP contribution < -0.4 is 10.1 Å². The summed E-state index contributed by atoms with van der Waals surface area (Å²) >= 11 is 0. The molecular formula is C30H31F3N2O3. The van der Waals surface area contributed by atoms with Crippen LogP contribution in [0.2, 0.25) is 0 Å². The zero-order valence-corrected chi connectivity index (χ0v) is 21.3. The molecule has 0 bridgehead atoms. The summed E-state index contributed by atoms with van der Waals surface area (Å²) in [7, 11) is 0. The summed E-state index contributed by atoms with van der Waals surface area (Å²) in [6.45, 7) is 4.45. The summed E-state index contributed by atoms with van der Waals surface area (Å²) in [5.74, 6) is 0.00823. The molecule has 38 heavy (non-hydrogen) atoms. The number of ether oxygens (including phenoxy) is 1. The quantitative estimate of drug-likeness (QED) is 0.245. The lowest BCUT2D eigenvalue weighted by molar-refractivity contribution is -0.0669. The standard InChI is InChI=1S/C30H31F3N2O3/c1-20(36)21-4-6-22(7-5-21)23-8-10-25(11-9-23)30(37)34-15-2-3-16-35-17-14-24-12-13-27(18-26(24)19-35)38-29(33)28(31)32/h4-13,18,28-29H,2-3,14-17,19H2,1H3,(H,34,37). The van der Waals surface area contributed by atoms with Crippen LogP contribution >= 0.6 is 0 Å². The molecule has 5 nitrogen and oxygen atoms in total. The second-order valence-electron chi connectivity index (χ2n) is 9.43. The van der Waals surface area contributed by atoms with Gasteiger partial charge in [0.15, 0.2) is 5.78 Å². The second kappa shape index (κ2) is 12.7. The number of amides is 1. The van der Waals surface area contributed by atoms with Gasteiger partial charge in [-0.15, -0.1) is 0 Å². The number of fused-ring (bicyclic) bond motifs is 1. The van der Waals surface area contributed by atoms with Crippen molar-refractivity contribution in [2.24, 2.45) is 0 Å². The van der Waals surface area contributed by atoms with Gasteiger partial charge in [0, 0.05) is 30.8 Å². The minimum atomic E-state index is -3.18. The maximum Gasteiger partial charge on any atom is 0.304 e. The van der Waals surface area contributed by atoms with Gasteiger partial charge in [-0.2, -0.15) is 4.39 Å². The first kappa shape index (κ1) is 27.4. The minimum Gasteiger partial charge on any atom is -0.454 e. The Kier molecular flexibility index (Phi) is 9.18. The van der Waals surface area contributed by atoms with E-state index in [1.165, 1.54) is 13.0 Å². The average molecular weight is 525 g/mol. The summed E-state index contributed by atoms with van der Waals surface area (Å²) in [5, 5.41) is 2.96. The number of nitrogens with one attached hydrogen (secondary N) is 1. The predicted octanol–water partition coefficient (Wildman–Crippen LogP) is 6.06. The van der Waals surface area contributed by atoms with Crippen LogP contribution in [0.25, 0.3) is 11.1 Å². The Morgan fingerprint density at radius 2 is 1.55 bits per heavy atom. The van der Waals surface area contributed by atoms with Crippen LogP contribution in [-0.2, 0) is 13.0 Å². The average Bonchev–Trinajstić information content (AvgIpc) is 2.92. The van der Waals surface area contributed by atoms with E-state index in [0.29, 0.717) is 24.2 Å².